The zero-order valence-electron chi connectivity index (χ0n) is 16.7. The van der Waals surface area contributed by atoms with Crippen molar-refractivity contribution in [3.05, 3.63) is 54.3 Å². The van der Waals surface area contributed by atoms with Crippen LogP contribution in [0.1, 0.15) is 26.3 Å². The molecule has 5 nitrogen and oxygen atoms in total. The number of benzene rings is 2. The van der Waals surface area contributed by atoms with Crippen LogP contribution in [-0.4, -0.2) is 26.2 Å². The lowest BCUT2D eigenvalue weighted by molar-refractivity contribution is -0.116. The van der Waals surface area contributed by atoms with Gasteiger partial charge in [-0.1, -0.05) is 12.1 Å². The number of furan rings is 1. The van der Waals surface area contributed by atoms with Gasteiger partial charge in [-0.2, -0.15) is 0 Å². The van der Waals surface area contributed by atoms with Crippen molar-refractivity contribution >= 4 is 22.4 Å². The lowest BCUT2D eigenvalue weighted by Crippen LogP contribution is -2.20. The van der Waals surface area contributed by atoms with E-state index in [2.05, 4.69) is 5.32 Å². The van der Waals surface area contributed by atoms with Gasteiger partial charge in [-0.3, -0.25) is 4.79 Å². The number of likely N-dealkylation sites (N-methyl/N-ethyl adjacent to an activating group) is 1. The van der Waals surface area contributed by atoms with Crippen molar-refractivity contribution in [1.82, 2.24) is 5.32 Å². The number of hydrogen-bond acceptors (Lipinski definition) is 4. The molecule has 1 aromatic heterocycles. The molecule has 0 unspecified atom stereocenters. The molecule has 1 amide bonds. The molecule has 0 fully saturated rings. The highest BCUT2D eigenvalue weighted by Gasteiger charge is 2.15. The average molecular weight is 379 g/mol. The van der Waals surface area contributed by atoms with Crippen LogP contribution in [0.3, 0.4) is 0 Å². The summed E-state index contributed by atoms with van der Waals surface area (Å²) in [4.78, 5) is 12.0. The van der Waals surface area contributed by atoms with E-state index in [9.17, 15) is 4.79 Å². The van der Waals surface area contributed by atoms with Gasteiger partial charge in [0, 0.05) is 35.2 Å². The fourth-order valence-electron chi connectivity index (χ4n) is 3.15. The number of nitrogens with one attached hydrogen (secondary N) is 1. The fourth-order valence-corrected chi connectivity index (χ4v) is 3.15. The first kappa shape index (κ1) is 19.5. The molecular formula is C23H25NO4. The topological polar surface area (TPSA) is 60.7 Å². The van der Waals surface area contributed by atoms with E-state index >= 15 is 0 Å². The summed E-state index contributed by atoms with van der Waals surface area (Å²) in [7, 11) is 1.61. The molecule has 0 aliphatic rings. The maximum Gasteiger partial charge on any atom is 0.244 e. The SMILES string of the molecule is CCNC(=O)/C=C(\C)c1cc2c(-c3ccc(OCC)cc3)coc2cc1OC. The molecule has 3 aromatic rings. The summed E-state index contributed by atoms with van der Waals surface area (Å²) in [5, 5.41) is 3.74. The lowest BCUT2D eigenvalue weighted by atomic mass is 9.99. The van der Waals surface area contributed by atoms with Crippen LogP contribution >= 0.6 is 0 Å². The monoisotopic (exact) mass is 379 g/mol. The van der Waals surface area contributed by atoms with Crippen LogP contribution in [0.5, 0.6) is 11.5 Å². The Kier molecular flexibility index (Phi) is 6.04. The van der Waals surface area contributed by atoms with Crippen LogP contribution in [0.25, 0.3) is 27.7 Å². The van der Waals surface area contributed by atoms with E-state index in [0.717, 1.165) is 39.0 Å². The molecule has 0 aliphatic carbocycles. The van der Waals surface area contributed by atoms with E-state index in [1.807, 2.05) is 57.2 Å². The lowest BCUT2D eigenvalue weighted by Gasteiger charge is -2.10. The van der Waals surface area contributed by atoms with Crippen LogP contribution in [0.2, 0.25) is 0 Å². The fraction of sp³-hybridized carbons (Fsp3) is 0.261. The smallest absolute Gasteiger partial charge is 0.244 e. The molecule has 0 spiro atoms. The summed E-state index contributed by atoms with van der Waals surface area (Å²) in [6, 6.07) is 11.8. The van der Waals surface area contributed by atoms with Crippen LogP contribution in [-0.2, 0) is 4.79 Å². The Hall–Kier alpha value is -3.21. The van der Waals surface area contributed by atoms with Gasteiger partial charge in [0.25, 0.3) is 0 Å². The Labute approximate surface area is 164 Å². The summed E-state index contributed by atoms with van der Waals surface area (Å²) in [5.41, 5.74) is 4.42. The Bertz CT molecular complexity index is 999. The van der Waals surface area contributed by atoms with Crippen molar-refractivity contribution in [3.63, 3.8) is 0 Å². The number of fused-ring (bicyclic) bond motifs is 1. The van der Waals surface area contributed by atoms with E-state index in [1.165, 1.54) is 0 Å². The average Bonchev–Trinajstić information content (AvgIpc) is 3.10. The Balaban J connectivity index is 2.06. The van der Waals surface area contributed by atoms with Gasteiger partial charge in [-0.15, -0.1) is 0 Å². The highest BCUT2D eigenvalue weighted by atomic mass is 16.5. The van der Waals surface area contributed by atoms with Crippen molar-refractivity contribution in [3.8, 4) is 22.6 Å². The number of amides is 1. The second-order valence-corrected chi connectivity index (χ2v) is 6.38. The molecule has 0 saturated heterocycles. The molecule has 0 atom stereocenters. The number of carbonyl (C=O) groups excluding carboxylic acids is 1. The molecule has 146 valence electrons. The van der Waals surface area contributed by atoms with Gasteiger partial charge in [0.2, 0.25) is 5.91 Å². The largest absolute Gasteiger partial charge is 0.496 e. The minimum absolute atomic E-state index is 0.124. The molecule has 1 heterocycles. The molecule has 0 saturated carbocycles. The number of ether oxygens (including phenoxy) is 2. The predicted molar refractivity (Wildman–Crippen MR) is 112 cm³/mol. The van der Waals surface area contributed by atoms with Crippen molar-refractivity contribution in [2.45, 2.75) is 20.8 Å². The molecule has 3 rings (SSSR count). The molecule has 5 heteroatoms. The first-order chi connectivity index (χ1) is 13.6. The highest BCUT2D eigenvalue weighted by molar-refractivity contribution is 6.00. The van der Waals surface area contributed by atoms with Crippen LogP contribution in [0.15, 0.2) is 53.2 Å². The standard InChI is InChI=1S/C23H25NO4/c1-5-24-23(25)11-15(3)18-12-19-20(14-28-22(19)13-21(18)26-4)16-7-9-17(10-8-16)27-6-2/h7-14H,5-6H2,1-4H3,(H,24,25)/b15-11+. The van der Waals surface area contributed by atoms with Gasteiger partial charge < -0.3 is 19.2 Å². The number of allylic oxidation sites excluding steroid dienone is 1. The van der Waals surface area contributed by atoms with Crippen LogP contribution < -0.4 is 14.8 Å². The van der Waals surface area contributed by atoms with Gasteiger partial charge in [-0.25, -0.2) is 0 Å². The maximum absolute atomic E-state index is 12.0. The van der Waals surface area contributed by atoms with Gasteiger partial charge in [-0.05, 0) is 50.1 Å². The maximum atomic E-state index is 12.0. The second kappa shape index (κ2) is 8.65. The Morgan fingerprint density at radius 3 is 2.57 bits per heavy atom. The summed E-state index contributed by atoms with van der Waals surface area (Å²) >= 11 is 0. The Morgan fingerprint density at radius 1 is 1.18 bits per heavy atom. The van der Waals surface area contributed by atoms with Gasteiger partial charge in [0.1, 0.15) is 17.1 Å². The van der Waals surface area contributed by atoms with E-state index in [1.54, 1.807) is 19.4 Å². The van der Waals surface area contributed by atoms with Crippen LogP contribution in [0.4, 0.5) is 0 Å². The van der Waals surface area contributed by atoms with Gasteiger partial charge >= 0.3 is 0 Å². The molecule has 0 bridgehead atoms. The summed E-state index contributed by atoms with van der Waals surface area (Å²) in [6.45, 7) is 6.97. The second-order valence-electron chi connectivity index (χ2n) is 6.38. The quantitative estimate of drug-likeness (QED) is 0.584. The van der Waals surface area contributed by atoms with Crippen molar-refractivity contribution in [2.75, 3.05) is 20.3 Å². The van der Waals surface area contributed by atoms with Crippen molar-refractivity contribution in [1.29, 1.82) is 0 Å². The van der Waals surface area contributed by atoms with E-state index in [-0.39, 0.29) is 5.91 Å². The zero-order valence-corrected chi connectivity index (χ0v) is 16.7. The minimum Gasteiger partial charge on any atom is -0.496 e. The first-order valence-corrected chi connectivity index (χ1v) is 9.36. The number of methoxy groups -OCH3 is 1. The zero-order chi connectivity index (χ0) is 20.1. The molecular weight excluding hydrogens is 354 g/mol. The number of carbonyl (C=O) groups is 1. The molecule has 0 radical (unpaired) electrons. The highest BCUT2D eigenvalue weighted by Crippen LogP contribution is 2.37. The Morgan fingerprint density at radius 2 is 1.93 bits per heavy atom. The third-order valence-corrected chi connectivity index (χ3v) is 4.50. The van der Waals surface area contributed by atoms with E-state index in [0.29, 0.717) is 18.9 Å². The third-order valence-electron chi connectivity index (χ3n) is 4.50. The van der Waals surface area contributed by atoms with Crippen molar-refractivity contribution in [2.24, 2.45) is 0 Å². The first-order valence-electron chi connectivity index (χ1n) is 9.36. The van der Waals surface area contributed by atoms with Gasteiger partial charge in [0.15, 0.2) is 0 Å². The molecule has 28 heavy (non-hydrogen) atoms. The number of rotatable bonds is 7. The third kappa shape index (κ3) is 4.03. The normalized spacial score (nSPS) is 11.5. The molecule has 1 N–H and O–H groups in total. The van der Waals surface area contributed by atoms with E-state index < -0.39 is 0 Å². The van der Waals surface area contributed by atoms with Gasteiger partial charge in [0.05, 0.1) is 20.0 Å². The van der Waals surface area contributed by atoms with E-state index in [4.69, 9.17) is 13.9 Å². The summed E-state index contributed by atoms with van der Waals surface area (Å²) in [6.07, 6.45) is 3.33. The van der Waals surface area contributed by atoms with Crippen molar-refractivity contribution < 1.29 is 18.7 Å². The summed E-state index contributed by atoms with van der Waals surface area (Å²) in [5.74, 6) is 1.38. The number of hydrogen-bond donors (Lipinski definition) is 1. The minimum atomic E-state index is -0.124. The predicted octanol–water partition coefficient (Wildman–Crippen LogP) is 5.05. The molecule has 2 aromatic carbocycles. The molecule has 0 aliphatic heterocycles. The van der Waals surface area contributed by atoms with Crippen LogP contribution in [0, 0.1) is 0 Å². The summed E-state index contributed by atoms with van der Waals surface area (Å²) < 4.78 is 16.8.